The van der Waals surface area contributed by atoms with E-state index >= 15 is 0 Å². The van der Waals surface area contributed by atoms with Crippen LogP contribution in [-0.4, -0.2) is 18.6 Å². The van der Waals surface area contributed by atoms with Gasteiger partial charge in [0.1, 0.15) is 5.75 Å². The molecule has 1 atom stereocenters. The zero-order chi connectivity index (χ0) is 9.97. The predicted octanol–water partition coefficient (Wildman–Crippen LogP) is 2.84. The van der Waals surface area contributed by atoms with Gasteiger partial charge in [0.05, 0.1) is 5.75 Å². The molecular weight excluding hydrogens is 196 g/mol. The van der Waals surface area contributed by atoms with Gasteiger partial charge in [0.2, 0.25) is 6.29 Å². The van der Waals surface area contributed by atoms with Crippen LogP contribution in [0.4, 0.5) is 0 Å². The number of thioether (sulfide) groups is 1. The van der Waals surface area contributed by atoms with Gasteiger partial charge in [-0.05, 0) is 31.5 Å². The first-order valence-electron chi connectivity index (χ1n) is 4.81. The van der Waals surface area contributed by atoms with Crippen molar-refractivity contribution in [1.29, 1.82) is 0 Å². The smallest absolute Gasteiger partial charge is 0.209 e. The van der Waals surface area contributed by atoms with E-state index < -0.39 is 0 Å². The molecule has 2 rings (SSSR count). The van der Waals surface area contributed by atoms with Crippen LogP contribution in [-0.2, 0) is 4.74 Å². The van der Waals surface area contributed by atoms with E-state index in [1.807, 2.05) is 13.0 Å². The first-order valence-corrected chi connectivity index (χ1v) is 5.80. The summed E-state index contributed by atoms with van der Waals surface area (Å²) in [4.78, 5) is 1.22. The van der Waals surface area contributed by atoms with Crippen molar-refractivity contribution in [3.63, 3.8) is 0 Å². The molecule has 0 radical (unpaired) electrons. The standard InChI is InChI=1S/C11H14O2S/c1-3-12-11-7-14-10-6-8(2)4-5-9(10)13-11/h4-6,11H,3,7H2,1-2H3. The fourth-order valence-corrected chi connectivity index (χ4v) is 2.43. The summed E-state index contributed by atoms with van der Waals surface area (Å²) in [6.45, 7) is 4.78. The van der Waals surface area contributed by atoms with Crippen LogP contribution in [0.5, 0.6) is 5.75 Å². The Kier molecular flexibility index (Phi) is 2.99. The van der Waals surface area contributed by atoms with Gasteiger partial charge >= 0.3 is 0 Å². The van der Waals surface area contributed by atoms with Crippen molar-refractivity contribution in [2.75, 3.05) is 12.4 Å². The van der Waals surface area contributed by atoms with Crippen molar-refractivity contribution in [3.05, 3.63) is 23.8 Å². The minimum Gasteiger partial charge on any atom is -0.463 e. The van der Waals surface area contributed by atoms with E-state index in [-0.39, 0.29) is 6.29 Å². The second kappa shape index (κ2) is 4.24. The number of fused-ring (bicyclic) bond motifs is 1. The molecule has 2 nitrogen and oxygen atoms in total. The van der Waals surface area contributed by atoms with E-state index in [9.17, 15) is 0 Å². The highest BCUT2D eigenvalue weighted by atomic mass is 32.2. The summed E-state index contributed by atoms with van der Waals surface area (Å²) in [7, 11) is 0. The van der Waals surface area contributed by atoms with Gasteiger partial charge in [0.25, 0.3) is 0 Å². The molecule has 1 unspecified atom stereocenters. The molecule has 0 saturated carbocycles. The molecule has 0 bridgehead atoms. The van der Waals surface area contributed by atoms with E-state index in [4.69, 9.17) is 9.47 Å². The monoisotopic (exact) mass is 210 g/mol. The van der Waals surface area contributed by atoms with Crippen LogP contribution >= 0.6 is 11.8 Å². The van der Waals surface area contributed by atoms with Crippen LogP contribution in [0, 0.1) is 6.92 Å². The molecule has 1 aromatic rings. The Labute approximate surface area is 88.6 Å². The molecule has 3 heteroatoms. The molecule has 0 fully saturated rings. The van der Waals surface area contributed by atoms with Gasteiger partial charge in [-0.3, -0.25) is 0 Å². The van der Waals surface area contributed by atoms with Crippen LogP contribution in [0.25, 0.3) is 0 Å². The third-order valence-electron chi connectivity index (χ3n) is 2.09. The Morgan fingerprint density at radius 3 is 3.21 bits per heavy atom. The number of aryl methyl sites for hydroxylation is 1. The average molecular weight is 210 g/mol. The van der Waals surface area contributed by atoms with Crippen LogP contribution in [0.3, 0.4) is 0 Å². The highest BCUT2D eigenvalue weighted by Gasteiger charge is 2.19. The van der Waals surface area contributed by atoms with Crippen LogP contribution < -0.4 is 4.74 Å². The summed E-state index contributed by atoms with van der Waals surface area (Å²) in [5.74, 6) is 1.83. The van der Waals surface area contributed by atoms with Gasteiger partial charge in [-0.1, -0.05) is 6.07 Å². The molecule has 14 heavy (non-hydrogen) atoms. The maximum absolute atomic E-state index is 5.68. The first-order chi connectivity index (χ1) is 6.79. The van der Waals surface area contributed by atoms with Gasteiger partial charge in [-0.2, -0.15) is 0 Å². The van der Waals surface area contributed by atoms with Crippen molar-refractivity contribution in [3.8, 4) is 5.75 Å². The van der Waals surface area contributed by atoms with E-state index in [1.54, 1.807) is 11.8 Å². The van der Waals surface area contributed by atoms with Crippen LogP contribution in [0.1, 0.15) is 12.5 Å². The normalized spacial score (nSPS) is 20.0. The molecule has 76 valence electrons. The molecule has 0 spiro atoms. The lowest BCUT2D eigenvalue weighted by Crippen LogP contribution is -2.26. The number of benzene rings is 1. The van der Waals surface area contributed by atoms with Crippen LogP contribution in [0.15, 0.2) is 23.1 Å². The lowest BCUT2D eigenvalue weighted by atomic mass is 10.2. The molecule has 1 aliphatic heterocycles. The lowest BCUT2D eigenvalue weighted by Gasteiger charge is -2.25. The minimum atomic E-state index is -0.0831. The Bertz CT molecular complexity index is 325. The average Bonchev–Trinajstić information content (AvgIpc) is 2.19. The summed E-state index contributed by atoms with van der Waals surface area (Å²) >= 11 is 1.80. The van der Waals surface area contributed by atoms with Crippen molar-refractivity contribution in [2.45, 2.75) is 25.0 Å². The Hall–Kier alpha value is -0.670. The summed E-state index contributed by atoms with van der Waals surface area (Å²) in [5.41, 5.74) is 1.27. The van der Waals surface area contributed by atoms with E-state index in [2.05, 4.69) is 19.1 Å². The second-order valence-corrected chi connectivity index (χ2v) is 4.33. The molecule has 1 aliphatic rings. The molecule has 0 saturated heterocycles. The number of ether oxygens (including phenoxy) is 2. The van der Waals surface area contributed by atoms with Gasteiger partial charge in [-0.25, -0.2) is 0 Å². The van der Waals surface area contributed by atoms with Crippen LogP contribution in [0.2, 0.25) is 0 Å². The van der Waals surface area contributed by atoms with Crippen molar-refractivity contribution < 1.29 is 9.47 Å². The van der Waals surface area contributed by atoms with E-state index in [1.165, 1.54) is 10.5 Å². The molecule has 0 N–H and O–H groups in total. The van der Waals surface area contributed by atoms with E-state index in [0.717, 1.165) is 11.5 Å². The summed E-state index contributed by atoms with van der Waals surface area (Å²) < 4.78 is 11.1. The molecule has 1 aromatic carbocycles. The Morgan fingerprint density at radius 1 is 1.57 bits per heavy atom. The van der Waals surface area contributed by atoms with Crippen molar-refractivity contribution in [1.82, 2.24) is 0 Å². The maximum Gasteiger partial charge on any atom is 0.209 e. The summed E-state index contributed by atoms with van der Waals surface area (Å²) in [6, 6.07) is 6.23. The second-order valence-electron chi connectivity index (χ2n) is 3.26. The predicted molar refractivity (Wildman–Crippen MR) is 57.9 cm³/mol. The lowest BCUT2D eigenvalue weighted by molar-refractivity contribution is -0.0614. The molecule has 1 heterocycles. The third kappa shape index (κ3) is 2.04. The van der Waals surface area contributed by atoms with Gasteiger partial charge in [0, 0.05) is 11.5 Å². The largest absolute Gasteiger partial charge is 0.463 e. The zero-order valence-electron chi connectivity index (χ0n) is 8.45. The van der Waals surface area contributed by atoms with Gasteiger partial charge in [-0.15, -0.1) is 11.8 Å². The number of rotatable bonds is 2. The zero-order valence-corrected chi connectivity index (χ0v) is 9.26. The summed E-state index contributed by atoms with van der Waals surface area (Å²) in [5, 5.41) is 0. The minimum absolute atomic E-state index is 0.0831. The Morgan fingerprint density at radius 2 is 2.43 bits per heavy atom. The highest BCUT2D eigenvalue weighted by molar-refractivity contribution is 7.99. The number of hydrogen-bond acceptors (Lipinski definition) is 3. The molecule has 0 aromatic heterocycles. The van der Waals surface area contributed by atoms with Crippen molar-refractivity contribution in [2.24, 2.45) is 0 Å². The fraction of sp³-hybridized carbons (Fsp3) is 0.455. The topological polar surface area (TPSA) is 18.5 Å². The Balaban J connectivity index is 2.15. The molecular formula is C11H14O2S. The van der Waals surface area contributed by atoms with Gasteiger partial charge in [0.15, 0.2) is 0 Å². The number of hydrogen-bond donors (Lipinski definition) is 0. The summed E-state index contributed by atoms with van der Waals surface area (Å²) in [6.07, 6.45) is -0.0831. The first kappa shape index (κ1) is 9.87. The third-order valence-corrected chi connectivity index (χ3v) is 3.15. The molecule has 0 aliphatic carbocycles. The molecule has 0 amide bonds. The SMILES string of the molecule is CCOC1CSc2cc(C)ccc2O1. The quantitative estimate of drug-likeness (QED) is 0.748. The van der Waals surface area contributed by atoms with Crippen molar-refractivity contribution >= 4 is 11.8 Å². The maximum atomic E-state index is 5.68. The van der Waals surface area contributed by atoms with E-state index in [0.29, 0.717) is 6.61 Å². The highest BCUT2D eigenvalue weighted by Crippen LogP contribution is 2.36. The van der Waals surface area contributed by atoms with Gasteiger partial charge < -0.3 is 9.47 Å². The fourth-order valence-electron chi connectivity index (χ4n) is 1.43.